The molecule has 4 nitrogen and oxygen atoms in total. The Labute approximate surface area is 103 Å². The van der Waals surface area contributed by atoms with E-state index in [0.29, 0.717) is 23.9 Å². The summed E-state index contributed by atoms with van der Waals surface area (Å²) in [6, 6.07) is 3.68. The minimum Gasteiger partial charge on any atom is -0.496 e. The highest BCUT2D eigenvalue weighted by molar-refractivity contribution is 5.52. The largest absolute Gasteiger partial charge is 0.496 e. The van der Waals surface area contributed by atoms with Gasteiger partial charge in [0.05, 0.1) is 20.8 Å². The zero-order valence-corrected chi connectivity index (χ0v) is 11.2. The quantitative estimate of drug-likeness (QED) is 0.856. The minimum absolute atomic E-state index is 0.497. The van der Waals surface area contributed by atoms with Crippen LogP contribution in [0.2, 0.25) is 0 Å². The Kier molecular flexibility index (Phi) is 4.23. The average Bonchev–Trinajstić information content (AvgIpc) is 2.27. The second kappa shape index (κ2) is 5.27. The van der Waals surface area contributed by atoms with Gasteiger partial charge in [0.15, 0.2) is 11.5 Å². The number of methoxy groups -OCH3 is 2. The fraction of sp³-hybridized carbons (Fsp3) is 0.538. The molecular weight excluding hydrogens is 218 g/mol. The van der Waals surface area contributed by atoms with E-state index in [0.717, 1.165) is 5.56 Å². The first-order chi connectivity index (χ1) is 7.93. The third-order valence-electron chi connectivity index (χ3n) is 2.48. The molecular formula is C13H21NO3. The van der Waals surface area contributed by atoms with Crippen LogP contribution in [0.15, 0.2) is 12.1 Å². The third-order valence-corrected chi connectivity index (χ3v) is 2.48. The van der Waals surface area contributed by atoms with Crippen molar-refractivity contribution in [3.8, 4) is 17.2 Å². The molecule has 0 atom stereocenters. The maximum absolute atomic E-state index is 6.10. The van der Waals surface area contributed by atoms with Gasteiger partial charge < -0.3 is 19.9 Å². The van der Waals surface area contributed by atoms with Crippen molar-refractivity contribution in [2.75, 3.05) is 20.8 Å². The lowest BCUT2D eigenvalue weighted by molar-refractivity contribution is 0.305. The molecule has 0 aromatic heterocycles. The van der Waals surface area contributed by atoms with E-state index in [-0.39, 0.29) is 0 Å². The second-order valence-electron chi connectivity index (χ2n) is 4.36. The third kappa shape index (κ3) is 3.03. The van der Waals surface area contributed by atoms with Gasteiger partial charge in [0.25, 0.3) is 0 Å². The van der Waals surface area contributed by atoms with Crippen molar-refractivity contribution in [3.63, 3.8) is 0 Å². The molecule has 1 rings (SSSR count). The van der Waals surface area contributed by atoms with Crippen molar-refractivity contribution in [1.82, 2.24) is 0 Å². The molecule has 0 aliphatic carbocycles. The van der Waals surface area contributed by atoms with Crippen molar-refractivity contribution in [3.05, 3.63) is 17.7 Å². The summed E-state index contributed by atoms with van der Waals surface area (Å²) in [5.41, 5.74) is 6.50. The molecule has 17 heavy (non-hydrogen) atoms. The summed E-state index contributed by atoms with van der Waals surface area (Å²) < 4.78 is 16.1. The summed E-state index contributed by atoms with van der Waals surface area (Å²) in [5.74, 6) is 2.04. The Hall–Kier alpha value is -1.42. The normalized spacial score (nSPS) is 11.2. The molecule has 0 spiro atoms. The molecule has 0 amide bonds. The van der Waals surface area contributed by atoms with Gasteiger partial charge in [-0.2, -0.15) is 0 Å². The van der Waals surface area contributed by atoms with E-state index in [1.54, 1.807) is 14.2 Å². The van der Waals surface area contributed by atoms with Crippen LogP contribution in [0.1, 0.15) is 26.3 Å². The van der Waals surface area contributed by atoms with E-state index < -0.39 is 5.54 Å². The van der Waals surface area contributed by atoms with Crippen molar-refractivity contribution in [2.24, 2.45) is 5.73 Å². The Bertz CT molecular complexity index is 383. The molecule has 0 unspecified atom stereocenters. The molecule has 0 bridgehead atoms. The Morgan fingerprint density at radius 3 is 2.06 bits per heavy atom. The van der Waals surface area contributed by atoms with Crippen molar-refractivity contribution < 1.29 is 14.2 Å². The predicted octanol–water partition coefficient (Wildman–Crippen LogP) is 2.30. The number of rotatable bonds is 5. The number of nitrogens with two attached hydrogens (primary N) is 1. The monoisotopic (exact) mass is 239 g/mol. The smallest absolute Gasteiger partial charge is 0.164 e. The molecule has 0 saturated carbocycles. The first-order valence-electron chi connectivity index (χ1n) is 5.62. The van der Waals surface area contributed by atoms with Gasteiger partial charge >= 0.3 is 0 Å². The molecule has 1 aromatic rings. The SMILES string of the molecule is CCOc1cc(OC)c(C(C)(C)N)cc1OC. The van der Waals surface area contributed by atoms with Crippen LogP contribution in [0.3, 0.4) is 0 Å². The van der Waals surface area contributed by atoms with Crippen LogP contribution in [0.4, 0.5) is 0 Å². The van der Waals surface area contributed by atoms with Gasteiger partial charge in [-0.15, -0.1) is 0 Å². The van der Waals surface area contributed by atoms with Gasteiger partial charge in [0.1, 0.15) is 5.75 Å². The molecule has 0 fully saturated rings. The maximum atomic E-state index is 6.10. The highest BCUT2D eigenvalue weighted by atomic mass is 16.5. The van der Waals surface area contributed by atoms with Crippen LogP contribution in [0, 0.1) is 0 Å². The summed E-state index contributed by atoms with van der Waals surface area (Å²) in [5, 5.41) is 0. The zero-order chi connectivity index (χ0) is 13.1. The van der Waals surface area contributed by atoms with Crippen LogP contribution < -0.4 is 19.9 Å². The molecule has 4 heteroatoms. The van der Waals surface area contributed by atoms with Crippen molar-refractivity contribution in [1.29, 1.82) is 0 Å². The molecule has 0 aliphatic rings. The first kappa shape index (κ1) is 13.6. The fourth-order valence-electron chi connectivity index (χ4n) is 1.64. The van der Waals surface area contributed by atoms with Gasteiger partial charge in [-0.3, -0.25) is 0 Å². The van der Waals surface area contributed by atoms with Crippen LogP contribution >= 0.6 is 0 Å². The molecule has 1 aromatic carbocycles. The van der Waals surface area contributed by atoms with E-state index >= 15 is 0 Å². The minimum atomic E-state index is -0.497. The van der Waals surface area contributed by atoms with Crippen LogP contribution in [0.5, 0.6) is 17.2 Å². The highest BCUT2D eigenvalue weighted by Gasteiger charge is 2.22. The van der Waals surface area contributed by atoms with Crippen LogP contribution in [-0.2, 0) is 5.54 Å². The average molecular weight is 239 g/mol. The number of hydrogen-bond donors (Lipinski definition) is 1. The van der Waals surface area contributed by atoms with Crippen molar-refractivity contribution in [2.45, 2.75) is 26.3 Å². The Balaban J connectivity index is 3.33. The standard InChI is InChI=1S/C13H21NO3/c1-6-17-12-8-10(15-4)9(13(2,3)14)7-11(12)16-5/h7-8H,6,14H2,1-5H3. The highest BCUT2D eigenvalue weighted by Crippen LogP contribution is 2.38. The number of ether oxygens (including phenoxy) is 3. The Morgan fingerprint density at radius 2 is 1.65 bits per heavy atom. The Morgan fingerprint density at radius 1 is 1.06 bits per heavy atom. The van der Waals surface area contributed by atoms with E-state index in [9.17, 15) is 0 Å². The van der Waals surface area contributed by atoms with Gasteiger partial charge in [-0.1, -0.05) is 0 Å². The molecule has 0 aliphatic heterocycles. The van der Waals surface area contributed by atoms with Crippen LogP contribution in [-0.4, -0.2) is 20.8 Å². The van der Waals surface area contributed by atoms with E-state index in [1.807, 2.05) is 32.9 Å². The summed E-state index contributed by atoms with van der Waals surface area (Å²) in [4.78, 5) is 0. The predicted molar refractivity (Wildman–Crippen MR) is 67.9 cm³/mol. The second-order valence-corrected chi connectivity index (χ2v) is 4.36. The lowest BCUT2D eigenvalue weighted by atomic mass is 9.94. The maximum Gasteiger partial charge on any atom is 0.164 e. The molecule has 0 radical (unpaired) electrons. The number of hydrogen-bond acceptors (Lipinski definition) is 4. The summed E-state index contributed by atoms with van der Waals surface area (Å²) >= 11 is 0. The lowest BCUT2D eigenvalue weighted by Crippen LogP contribution is -2.29. The van der Waals surface area contributed by atoms with Gasteiger partial charge in [-0.25, -0.2) is 0 Å². The van der Waals surface area contributed by atoms with Gasteiger partial charge in [-0.05, 0) is 26.8 Å². The molecule has 96 valence electrons. The molecule has 2 N–H and O–H groups in total. The number of benzene rings is 1. The van der Waals surface area contributed by atoms with Crippen molar-refractivity contribution >= 4 is 0 Å². The summed E-state index contributed by atoms with van der Waals surface area (Å²) in [6.45, 7) is 6.34. The molecule has 0 saturated heterocycles. The van der Waals surface area contributed by atoms with E-state index in [1.165, 1.54) is 0 Å². The summed E-state index contributed by atoms with van der Waals surface area (Å²) in [6.07, 6.45) is 0. The topological polar surface area (TPSA) is 53.7 Å². The van der Waals surface area contributed by atoms with Crippen LogP contribution in [0.25, 0.3) is 0 Å². The summed E-state index contributed by atoms with van der Waals surface area (Å²) in [7, 11) is 3.23. The fourth-order valence-corrected chi connectivity index (χ4v) is 1.64. The first-order valence-corrected chi connectivity index (χ1v) is 5.62. The molecule has 0 heterocycles. The lowest BCUT2D eigenvalue weighted by Gasteiger charge is -2.23. The van der Waals surface area contributed by atoms with Gasteiger partial charge in [0.2, 0.25) is 0 Å². The van der Waals surface area contributed by atoms with E-state index in [4.69, 9.17) is 19.9 Å². The van der Waals surface area contributed by atoms with E-state index in [2.05, 4.69) is 0 Å². The zero-order valence-electron chi connectivity index (χ0n) is 11.2. The van der Waals surface area contributed by atoms with Gasteiger partial charge in [0, 0.05) is 17.2 Å².